The number of H-pyrrole nitrogens is 1. The third kappa shape index (κ3) is 2.48. The van der Waals surface area contributed by atoms with Gasteiger partial charge in [-0.05, 0) is 37.3 Å². The molecule has 1 aromatic heterocycles. The highest BCUT2D eigenvalue weighted by Gasteiger charge is 2.17. The Morgan fingerprint density at radius 1 is 1.05 bits per heavy atom. The van der Waals surface area contributed by atoms with Crippen molar-refractivity contribution in [3.8, 4) is 11.5 Å². The summed E-state index contributed by atoms with van der Waals surface area (Å²) < 4.78 is 10.6. The van der Waals surface area contributed by atoms with E-state index in [9.17, 15) is 4.79 Å². The van der Waals surface area contributed by atoms with Crippen LogP contribution >= 0.6 is 0 Å². The Morgan fingerprint density at radius 2 is 1.81 bits per heavy atom. The lowest BCUT2D eigenvalue weighted by Crippen LogP contribution is -2.02. The number of aromatic amines is 1. The number of para-hydroxylation sites is 1. The number of ether oxygens (including phenoxy) is 2. The highest BCUT2D eigenvalue weighted by atomic mass is 16.5. The molecule has 0 atom stereocenters. The lowest BCUT2D eigenvalue weighted by molar-refractivity contribution is 0.0602. The van der Waals surface area contributed by atoms with Crippen LogP contribution in [0.5, 0.6) is 11.5 Å². The number of hydrogen-bond donors (Lipinski definition) is 1. The zero-order valence-corrected chi connectivity index (χ0v) is 11.8. The van der Waals surface area contributed by atoms with Crippen molar-refractivity contribution in [3.63, 3.8) is 0 Å². The summed E-state index contributed by atoms with van der Waals surface area (Å²) in [7, 11) is 1.38. The fourth-order valence-corrected chi connectivity index (χ4v) is 2.36. The molecule has 0 aliphatic heterocycles. The minimum absolute atomic E-state index is 0.351. The summed E-state index contributed by atoms with van der Waals surface area (Å²) in [6.45, 7) is 1.85. The molecule has 1 heterocycles. The van der Waals surface area contributed by atoms with Crippen molar-refractivity contribution in [2.45, 2.75) is 6.92 Å². The van der Waals surface area contributed by atoms with Crippen LogP contribution in [0.1, 0.15) is 16.1 Å². The third-order valence-corrected chi connectivity index (χ3v) is 3.33. The van der Waals surface area contributed by atoms with Crippen LogP contribution in [-0.4, -0.2) is 18.1 Å². The number of methoxy groups -OCH3 is 1. The van der Waals surface area contributed by atoms with Gasteiger partial charge in [0.2, 0.25) is 0 Å². The zero-order chi connectivity index (χ0) is 14.8. The fraction of sp³-hybridized carbons (Fsp3) is 0.118. The molecular formula is C17H15NO3. The largest absolute Gasteiger partial charge is 0.465 e. The van der Waals surface area contributed by atoms with E-state index in [1.807, 2.05) is 55.5 Å². The van der Waals surface area contributed by atoms with E-state index in [0.29, 0.717) is 11.3 Å². The van der Waals surface area contributed by atoms with E-state index >= 15 is 0 Å². The summed E-state index contributed by atoms with van der Waals surface area (Å²) in [6, 6.07) is 15.1. The molecule has 0 aliphatic carbocycles. The smallest absolute Gasteiger partial charge is 0.340 e. The van der Waals surface area contributed by atoms with Crippen LogP contribution < -0.4 is 4.74 Å². The van der Waals surface area contributed by atoms with Gasteiger partial charge in [-0.25, -0.2) is 4.79 Å². The third-order valence-electron chi connectivity index (χ3n) is 3.33. The number of hydrogen-bond acceptors (Lipinski definition) is 3. The molecule has 21 heavy (non-hydrogen) atoms. The van der Waals surface area contributed by atoms with Gasteiger partial charge < -0.3 is 14.5 Å². The Bertz CT molecular complexity index is 790. The van der Waals surface area contributed by atoms with Crippen LogP contribution in [0.25, 0.3) is 10.9 Å². The molecular weight excluding hydrogens is 266 g/mol. The van der Waals surface area contributed by atoms with Gasteiger partial charge in [0.25, 0.3) is 0 Å². The Labute approximate surface area is 122 Å². The highest BCUT2D eigenvalue weighted by Crippen LogP contribution is 2.29. The average molecular weight is 281 g/mol. The van der Waals surface area contributed by atoms with Crippen LogP contribution in [0.15, 0.2) is 48.5 Å². The first kappa shape index (κ1) is 13.2. The van der Waals surface area contributed by atoms with E-state index in [0.717, 1.165) is 22.3 Å². The molecule has 3 rings (SSSR count). The number of carbonyl (C=O) groups is 1. The first-order valence-corrected chi connectivity index (χ1v) is 6.62. The number of aromatic nitrogens is 1. The number of fused-ring (bicyclic) bond motifs is 1. The van der Waals surface area contributed by atoms with Gasteiger partial charge in [-0.3, -0.25) is 0 Å². The van der Waals surface area contributed by atoms with Gasteiger partial charge in [-0.15, -0.1) is 0 Å². The highest BCUT2D eigenvalue weighted by molar-refractivity contribution is 6.05. The first-order chi connectivity index (χ1) is 10.2. The topological polar surface area (TPSA) is 51.3 Å². The van der Waals surface area contributed by atoms with Crippen LogP contribution in [0.2, 0.25) is 0 Å². The number of carbonyl (C=O) groups excluding carboxylic acids is 1. The molecule has 0 fully saturated rings. The summed E-state index contributed by atoms with van der Waals surface area (Å²) in [5.41, 5.74) is 2.22. The number of aryl methyl sites for hydroxylation is 1. The van der Waals surface area contributed by atoms with E-state index in [1.165, 1.54) is 7.11 Å². The average Bonchev–Trinajstić information content (AvgIpc) is 2.83. The number of rotatable bonds is 3. The van der Waals surface area contributed by atoms with E-state index in [4.69, 9.17) is 9.47 Å². The van der Waals surface area contributed by atoms with Crippen LogP contribution in [0, 0.1) is 6.92 Å². The Hall–Kier alpha value is -2.75. The molecule has 0 radical (unpaired) electrons. The van der Waals surface area contributed by atoms with Crippen LogP contribution in [0.4, 0.5) is 0 Å². The molecule has 106 valence electrons. The molecule has 0 saturated carbocycles. The quantitative estimate of drug-likeness (QED) is 0.737. The van der Waals surface area contributed by atoms with Gasteiger partial charge in [0.05, 0.1) is 12.7 Å². The molecule has 4 nitrogen and oxygen atoms in total. The summed E-state index contributed by atoms with van der Waals surface area (Å²) in [4.78, 5) is 15.1. The van der Waals surface area contributed by atoms with Crippen molar-refractivity contribution in [1.82, 2.24) is 4.98 Å². The van der Waals surface area contributed by atoms with Crippen molar-refractivity contribution in [3.05, 3.63) is 59.8 Å². The Morgan fingerprint density at radius 3 is 2.52 bits per heavy atom. The second kappa shape index (κ2) is 5.32. The summed E-state index contributed by atoms with van der Waals surface area (Å²) in [6.07, 6.45) is 0. The normalized spacial score (nSPS) is 10.6. The van der Waals surface area contributed by atoms with Crippen LogP contribution in [0.3, 0.4) is 0 Å². The number of nitrogens with one attached hydrogen (secondary N) is 1. The Kier molecular flexibility index (Phi) is 3.36. The Balaban J connectivity index is 2.04. The van der Waals surface area contributed by atoms with Gasteiger partial charge in [-0.1, -0.05) is 18.2 Å². The van der Waals surface area contributed by atoms with Gasteiger partial charge in [0, 0.05) is 16.6 Å². The van der Waals surface area contributed by atoms with E-state index < -0.39 is 0 Å². The van der Waals surface area contributed by atoms with Crippen molar-refractivity contribution in [2.75, 3.05) is 7.11 Å². The maximum atomic E-state index is 11.9. The lowest BCUT2D eigenvalue weighted by Gasteiger charge is -2.06. The van der Waals surface area contributed by atoms with Gasteiger partial charge in [-0.2, -0.15) is 0 Å². The minimum Gasteiger partial charge on any atom is -0.465 e. The van der Waals surface area contributed by atoms with Gasteiger partial charge in [0.15, 0.2) is 0 Å². The second-order valence-electron chi connectivity index (χ2n) is 4.74. The number of benzene rings is 2. The maximum Gasteiger partial charge on any atom is 0.340 e. The molecule has 0 spiro atoms. The van der Waals surface area contributed by atoms with E-state index in [2.05, 4.69) is 4.98 Å². The predicted octanol–water partition coefficient (Wildman–Crippen LogP) is 4.06. The predicted molar refractivity (Wildman–Crippen MR) is 80.9 cm³/mol. The first-order valence-electron chi connectivity index (χ1n) is 6.62. The molecule has 0 aliphatic rings. The molecule has 2 aromatic carbocycles. The van der Waals surface area contributed by atoms with E-state index in [1.54, 1.807) is 0 Å². The van der Waals surface area contributed by atoms with Gasteiger partial charge >= 0.3 is 5.97 Å². The molecule has 0 unspecified atom stereocenters. The van der Waals surface area contributed by atoms with E-state index in [-0.39, 0.29) is 5.97 Å². The number of esters is 1. The zero-order valence-electron chi connectivity index (χ0n) is 11.8. The minimum atomic E-state index is -0.351. The molecule has 0 amide bonds. The van der Waals surface area contributed by atoms with Crippen molar-refractivity contribution in [1.29, 1.82) is 0 Å². The fourth-order valence-electron chi connectivity index (χ4n) is 2.36. The molecule has 0 bridgehead atoms. The monoisotopic (exact) mass is 281 g/mol. The van der Waals surface area contributed by atoms with Crippen molar-refractivity contribution < 1.29 is 14.3 Å². The molecule has 0 saturated heterocycles. The summed E-state index contributed by atoms with van der Waals surface area (Å²) >= 11 is 0. The van der Waals surface area contributed by atoms with Crippen LogP contribution in [-0.2, 0) is 4.74 Å². The SMILES string of the molecule is COC(=O)c1c(C)[nH]c2ccc(Oc3ccccc3)cc12. The summed E-state index contributed by atoms with van der Waals surface area (Å²) in [5, 5.41) is 0.799. The van der Waals surface area contributed by atoms with Crippen molar-refractivity contribution >= 4 is 16.9 Å². The maximum absolute atomic E-state index is 11.9. The second-order valence-corrected chi connectivity index (χ2v) is 4.74. The summed E-state index contributed by atoms with van der Waals surface area (Å²) in [5.74, 6) is 1.08. The van der Waals surface area contributed by atoms with Crippen molar-refractivity contribution in [2.24, 2.45) is 0 Å². The molecule has 4 heteroatoms. The molecule has 3 aromatic rings. The van der Waals surface area contributed by atoms with Gasteiger partial charge in [0.1, 0.15) is 11.5 Å². The lowest BCUT2D eigenvalue weighted by atomic mass is 10.1. The standard InChI is InChI=1S/C17H15NO3/c1-11-16(17(19)20-2)14-10-13(8-9-15(14)18-11)21-12-6-4-3-5-7-12/h3-10,18H,1-2H3. The molecule has 1 N–H and O–H groups in total.